The van der Waals surface area contributed by atoms with Crippen molar-refractivity contribution in [3.05, 3.63) is 75.1 Å². The van der Waals surface area contributed by atoms with Crippen LogP contribution in [-0.4, -0.2) is 22.2 Å². The van der Waals surface area contributed by atoms with E-state index in [0.717, 1.165) is 42.4 Å². The number of hydrogen-bond acceptors (Lipinski definition) is 3. The number of nitrogens with one attached hydrogen (secondary N) is 1. The molecule has 1 aromatic heterocycles. The molecule has 0 atom stereocenters. The minimum absolute atomic E-state index is 0.00509. The molecule has 0 aliphatic carbocycles. The number of carbonyl (C=O) groups is 1. The second-order valence-electron chi connectivity index (χ2n) is 6.52. The summed E-state index contributed by atoms with van der Waals surface area (Å²) in [7, 11) is 0. The van der Waals surface area contributed by atoms with Crippen molar-refractivity contribution >= 4 is 16.9 Å². The average molecular weight is 370 g/mol. The predicted octanol–water partition coefficient (Wildman–Crippen LogP) is 3.00. The molecular weight excluding hydrogens is 354 g/mol. The van der Waals surface area contributed by atoms with Crippen LogP contribution in [0.3, 0.4) is 0 Å². The summed E-state index contributed by atoms with van der Waals surface area (Å²) in [5, 5.41) is 12.9. The number of rotatable bonds is 2. The van der Waals surface area contributed by atoms with Crippen molar-refractivity contribution < 1.29 is 18.7 Å². The van der Waals surface area contributed by atoms with Crippen LogP contribution in [0, 0.1) is 11.6 Å². The van der Waals surface area contributed by atoms with Crippen LogP contribution in [0.5, 0.6) is 0 Å². The fraction of sp³-hybridized carbons (Fsp3) is 0.200. The number of benzene rings is 2. The highest BCUT2D eigenvalue weighted by Gasteiger charge is 2.21. The summed E-state index contributed by atoms with van der Waals surface area (Å²) in [5.41, 5.74) is 1.23. The molecule has 7 heteroatoms. The summed E-state index contributed by atoms with van der Waals surface area (Å²) in [4.78, 5) is 24.3. The summed E-state index contributed by atoms with van der Waals surface area (Å²) < 4.78 is 29.2. The molecule has 1 aliphatic rings. The van der Waals surface area contributed by atoms with E-state index < -0.39 is 28.6 Å². The van der Waals surface area contributed by atoms with Gasteiger partial charge in [-0.3, -0.25) is 4.79 Å². The smallest absolute Gasteiger partial charge is 0.341 e. The van der Waals surface area contributed by atoms with Crippen LogP contribution in [-0.2, 0) is 13.0 Å². The molecule has 27 heavy (non-hydrogen) atoms. The Hall–Kier alpha value is -3.06. The molecule has 2 N–H and O–H groups in total. The van der Waals surface area contributed by atoms with Crippen molar-refractivity contribution in [2.45, 2.75) is 19.4 Å². The number of nitrogens with zero attached hydrogens (tertiary/aromatic N) is 1. The molecule has 138 valence electrons. The zero-order valence-electron chi connectivity index (χ0n) is 14.3. The van der Waals surface area contributed by atoms with Gasteiger partial charge in [0.2, 0.25) is 5.43 Å². The number of pyridine rings is 1. The van der Waals surface area contributed by atoms with Crippen LogP contribution in [0.2, 0.25) is 0 Å². The minimum Gasteiger partial charge on any atom is -0.477 e. The first-order chi connectivity index (χ1) is 13.0. The first kappa shape index (κ1) is 17.4. The molecule has 3 aromatic rings. The Bertz CT molecular complexity index is 1140. The van der Waals surface area contributed by atoms with Gasteiger partial charge in [0, 0.05) is 24.2 Å². The summed E-state index contributed by atoms with van der Waals surface area (Å²) >= 11 is 0. The highest BCUT2D eigenvalue weighted by molar-refractivity contribution is 5.94. The Kier molecular flexibility index (Phi) is 4.24. The molecule has 5 nitrogen and oxygen atoms in total. The quantitative estimate of drug-likeness (QED) is 0.728. The molecule has 4 rings (SSSR count). The van der Waals surface area contributed by atoms with Gasteiger partial charge in [0.05, 0.1) is 11.2 Å². The maximum atomic E-state index is 14.5. The lowest BCUT2D eigenvalue weighted by atomic mass is 9.98. The van der Waals surface area contributed by atoms with E-state index in [9.17, 15) is 23.5 Å². The van der Waals surface area contributed by atoms with Gasteiger partial charge in [-0.25, -0.2) is 13.6 Å². The number of aromatic nitrogens is 1. The number of aryl methyl sites for hydroxylation is 1. The monoisotopic (exact) mass is 370 g/mol. The van der Waals surface area contributed by atoms with E-state index in [4.69, 9.17) is 0 Å². The lowest BCUT2D eigenvalue weighted by Gasteiger charge is -2.18. The molecule has 1 aliphatic heterocycles. The van der Waals surface area contributed by atoms with Crippen molar-refractivity contribution in [3.8, 4) is 5.69 Å². The van der Waals surface area contributed by atoms with Crippen molar-refractivity contribution in [2.24, 2.45) is 0 Å². The van der Waals surface area contributed by atoms with Crippen molar-refractivity contribution in [1.29, 1.82) is 0 Å². The maximum absolute atomic E-state index is 14.5. The SMILES string of the molecule is O=C(O)c1cn(-c2ccc(F)cc2F)c2c3c(ccc2c1=O)CNCCC3. The van der Waals surface area contributed by atoms with Crippen LogP contribution in [0.25, 0.3) is 16.6 Å². The van der Waals surface area contributed by atoms with Gasteiger partial charge < -0.3 is 15.0 Å². The van der Waals surface area contributed by atoms with Crippen LogP contribution >= 0.6 is 0 Å². The van der Waals surface area contributed by atoms with Gasteiger partial charge in [0.1, 0.15) is 17.2 Å². The second kappa shape index (κ2) is 6.59. The van der Waals surface area contributed by atoms with E-state index in [0.29, 0.717) is 18.5 Å². The zero-order chi connectivity index (χ0) is 19.1. The molecule has 0 unspecified atom stereocenters. The molecule has 2 heterocycles. The lowest BCUT2D eigenvalue weighted by molar-refractivity contribution is 0.0695. The normalized spacial score (nSPS) is 14.0. The molecule has 0 radical (unpaired) electrons. The van der Waals surface area contributed by atoms with Gasteiger partial charge in [-0.1, -0.05) is 6.07 Å². The summed E-state index contributed by atoms with van der Waals surface area (Å²) in [5.74, 6) is -2.96. The Labute approximate surface area is 152 Å². The fourth-order valence-corrected chi connectivity index (χ4v) is 3.61. The van der Waals surface area contributed by atoms with Crippen molar-refractivity contribution in [2.75, 3.05) is 6.54 Å². The van der Waals surface area contributed by atoms with Gasteiger partial charge >= 0.3 is 5.97 Å². The second-order valence-corrected chi connectivity index (χ2v) is 6.52. The highest BCUT2D eigenvalue weighted by atomic mass is 19.1. The standard InChI is InChI=1S/C20H16F2N2O3/c21-12-4-6-17(16(22)8-12)24-10-15(20(26)27)19(25)14-5-3-11-9-23-7-1-2-13(11)18(14)24/h3-6,8,10,23H,1-2,7,9H2,(H,26,27). The minimum atomic E-state index is -1.39. The topological polar surface area (TPSA) is 71.3 Å². The Balaban J connectivity index is 2.16. The fourth-order valence-electron chi connectivity index (χ4n) is 3.61. The van der Waals surface area contributed by atoms with Gasteiger partial charge in [0.15, 0.2) is 0 Å². The largest absolute Gasteiger partial charge is 0.477 e. The number of fused-ring (bicyclic) bond motifs is 3. The number of carboxylic acid groups (broad SMARTS) is 1. The van der Waals surface area contributed by atoms with Gasteiger partial charge in [-0.05, 0) is 48.7 Å². The van der Waals surface area contributed by atoms with E-state index in [1.165, 1.54) is 10.6 Å². The first-order valence-electron chi connectivity index (χ1n) is 8.57. The zero-order valence-corrected chi connectivity index (χ0v) is 14.3. The third kappa shape index (κ3) is 2.90. The molecule has 0 saturated heterocycles. The van der Waals surface area contributed by atoms with Crippen LogP contribution < -0.4 is 10.7 Å². The highest BCUT2D eigenvalue weighted by Crippen LogP contribution is 2.28. The summed E-state index contributed by atoms with van der Waals surface area (Å²) in [6.07, 6.45) is 2.61. The van der Waals surface area contributed by atoms with E-state index in [-0.39, 0.29) is 11.1 Å². The molecule has 0 amide bonds. The molecule has 0 fully saturated rings. The van der Waals surface area contributed by atoms with E-state index in [1.54, 1.807) is 12.1 Å². The van der Waals surface area contributed by atoms with E-state index >= 15 is 0 Å². The third-order valence-corrected chi connectivity index (χ3v) is 4.86. The van der Waals surface area contributed by atoms with Crippen LogP contribution in [0.4, 0.5) is 8.78 Å². The predicted molar refractivity (Wildman–Crippen MR) is 96.4 cm³/mol. The maximum Gasteiger partial charge on any atom is 0.341 e. The van der Waals surface area contributed by atoms with Gasteiger partial charge in [0.25, 0.3) is 0 Å². The molecule has 2 aromatic carbocycles. The van der Waals surface area contributed by atoms with Crippen molar-refractivity contribution in [1.82, 2.24) is 9.88 Å². The third-order valence-electron chi connectivity index (χ3n) is 4.86. The number of halogens is 2. The average Bonchev–Trinajstić information content (AvgIpc) is 2.87. The molecule has 0 saturated carbocycles. The Morgan fingerprint density at radius 3 is 2.74 bits per heavy atom. The Morgan fingerprint density at radius 2 is 2.00 bits per heavy atom. The van der Waals surface area contributed by atoms with Crippen LogP contribution in [0.1, 0.15) is 27.9 Å². The van der Waals surface area contributed by atoms with Gasteiger partial charge in [-0.15, -0.1) is 0 Å². The molecule has 0 bridgehead atoms. The Morgan fingerprint density at radius 1 is 1.19 bits per heavy atom. The number of aromatic carboxylic acids is 1. The number of carboxylic acids is 1. The molecular formula is C20H16F2N2O3. The molecule has 0 spiro atoms. The summed E-state index contributed by atoms with van der Waals surface area (Å²) in [6, 6.07) is 6.46. The van der Waals surface area contributed by atoms with Gasteiger partial charge in [-0.2, -0.15) is 0 Å². The van der Waals surface area contributed by atoms with Crippen molar-refractivity contribution in [3.63, 3.8) is 0 Å². The van der Waals surface area contributed by atoms with Crippen LogP contribution in [0.15, 0.2) is 41.3 Å². The van der Waals surface area contributed by atoms with E-state index in [1.807, 2.05) is 0 Å². The first-order valence-corrected chi connectivity index (χ1v) is 8.57. The summed E-state index contributed by atoms with van der Waals surface area (Å²) in [6.45, 7) is 1.41. The van der Waals surface area contributed by atoms with E-state index in [2.05, 4.69) is 5.32 Å². The lowest BCUT2D eigenvalue weighted by Crippen LogP contribution is -2.20. The number of hydrogen-bond donors (Lipinski definition) is 2.